The Morgan fingerprint density at radius 1 is 1.23 bits per heavy atom. The van der Waals surface area contributed by atoms with Gasteiger partial charge in [0.2, 0.25) is 0 Å². The number of alkyl halides is 5. The fraction of sp³-hybridized carbons (Fsp3) is 0.548. The number of nitrogens with one attached hydrogen (secondary N) is 1. The summed E-state index contributed by atoms with van der Waals surface area (Å²) in [6.07, 6.45) is -3.38. The van der Waals surface area contributed by atoms with Gasteiger partial charge in [-0.3, -0.25) is 14.7 Å². The lowest BCUT2D eigenvalue weighted by Gasteiger charge is -2.36. The second kappa shape index (κ2) is 13.4. The van der Waals surface area contributed by atoms with E-state index in [9.17, 15) is 32.3 Å². The average molecular weight is 703 g/mol. The first-order valence-electron chi connectivity index (χ1n) is 15.3. The molecule has 1 aromatic carbocycles. The molecule has 1 aromatic heterocycles. The van der Waals surface area contributed by atoms with Gasteiger partial charge in [-0.1, -0.05) is 12.1 Å². The van der Waals surface area contributed by atoms with E-state index in [-0.39, 0.29) is 48.8 Å². The minimum absolute atomic E-state index is 0.0337. The maximum Gasteiger partial charge on any atom is 0.402 e. The zero-order chi connectivity index (χ0) is 35.2. The Kier molecular flexibility index (Phi) is 9.98. The number of carbonyl (C=O) groups excluding carboxylic acids is 1. The normalized spacial score (nSPS) is 23.6. The highest BCUT2D eigenvalue weighted by atomic mass is 32.1. The number of hydrogen-bond acceptors (Lipinski definition) is 10. The van der Waals surface area contributed by atoms with Crippen LogP contribution in [0.3, 0.4) is 0 Å². The minimum atomic E-state index is -4.72. The van der Waals surface area contributed by atoms with E-state index in [0.717, 1.165) is 10.0 Å². The molecular weight excluding hydrogens is 666 g/mol. The number of carboxylic acid groups (broad SMARTS) is 1. The molecule has 0 aliphatic carbocycles. The number of aliphatic carboxylic acids is 1. The number of thiazole rings is 1. The third kappa shape index (κ3) is 7.23. The maximum absolute atomic E-state index is 15.9. The van der Waals surface area contributed by atoms with Crippen LogP contribution in [0, 0.1) is 18.2 Å². The van der Waals surface area contributed by atoms with E-state index in [1.165, 1.54) is 55.3 Å². The van der Waals surface area contributed by atoms with Crippen LogP contribution < -0.4 is 5.32 Å². The summed E-state index contributed by atoms with van der Waals surface area (Å²) < 4.78 is 93.1. The Morgan fingerprint density at radius 3 is 2.58 bits per heavy atom. The van der Waals surface area contributed by atoms with Crippen LogP contribution in [0.5, 0.6) is 0 Å². The van der Waals surface area contributed by atoms with Gasteiger partial charge in [-0.05, 0) is 51.3 Å². The summed E-state index contributed by atoms with van der Waals surface area (Å²) in [4.78, 5) is 35.6. The van der Waals surface area contributed by atoms with E-state index in [1.807, 2.05) is 0 Å². The van der Waals surface area contributed by atoms with Gasteiger partial charge in [-0.15, -0.1) is 11.3 Å². The largest absolute Gasteiger partial charge is 0.481 e. The summed E-state index contributed by atoms with van der Waals surface area (Å²) in [7, 11) is 0. The van der Waals surface area contributed by atoms with Crippen LogP contribution in [0.15, 0.2) is 46.0 Å². The van der Waals surface area contributed by atoms with Crippen LogP contribution in [0.1, 0.15) is 49.4 Å². The first kappa shape index (κ1) is 35.8. The Labute approximate surface area is 277 Å². The smallest absolute Gasteiger partial charge is 0.402 e. The molecule has 2 aromatic rings. The Bertz CT molecular complexity index is 1600. The van der Waals surface area contributed by atoms with Gasteiger partial charge in [0.1, 0.15) is 24.4 Å². The van der Waals surface area contributed by atoms with Gasteiger partial charge in [0, 0.05) is 43.0 Å². The molecule has 3 atom stereocenters. The third-order valence-corrected chi connectivity index (χ3v) is 9.67. The van der Waals surface area contributed by atoms with Crippen LogP contribution in [0.4, 0.5) is 26.3 Å². The molecule has 17 heteroatoms. The molecular formula is C31H36F6N6O4S. The first-order valence-corrected chi connectivity index (χ1v) is 16.1. The number of hydrogen-bond donors (Lipinski definition) is 2. The SMILES string of the molecule is CCOC(=O)C1=C(CN2CC(F)(F)[C@H]3[C@@H]2CN(CC(F)(F)F)N3CCC(C)(C)C(=O)O)NC(c2nccs2)=N[C@H]1c1cccc(F)c1C. The summed E-state index contributed by atoms with van der Waals surface area (Å²) in [5.74, 6) is -5.89. The minimum Gasteiger partial charge on any atom is -0.481 e. The van der Waals surface area contributed by atoms with E-state index in [1.54, 1.807) is 18.4 Å². The maximum atomic E-state index is 15.9. The summed E-state index contributed by atoms with van der Waals surface area (Å²) in [6, 6.07) is 0.353. The highest BCUT2D eigenvalue weighted by molar-refractivity contribution is 7.11. The summed E-state index contributed by atoms with van der Waals surface area (Å²) in [6.45, 7) is 2.37. The topological polar surface area (TPSA) is 111 Å². The van der Waals surface area contributed by atoms with Crippen LogP contribution in [-0.2, 0) is 14.3 Å². The molecule has 0 saturated carbocycles. The van der Waals surface area contributed by atoms with Gasteiger partial charge in [0.25, 0.3) is 5.92 Å². The van der Waals surface area contributed by atoms with Crippen LogP contribution in [0.2, 0.25) is 0 Å². The number of ether oxygens (including phenoxy) is 1. The number of hydrazine groups is 1. The molecule has 0 bridgehead atoms. The summed E-state index contributed by atoms with van der Waals surface area (Å²) in [5, 5.41) is 16.5. The number of esters is 1. The van der Waals surface area contributed by atoms with Crippen molar-refractivity contribution in [1.29, 1.82) is 0 Å². The molecule has 0 unspecified atom stereocenters. The van der Waals surface area contributed by atoms with E-state index < -0.39 is 73.0 Å². The highest BCUT2D eigenvalue weighted by Gasteiger charge is 2.62. The van der Waals surface area contributed by atoms with Crippen molar-refractivity contribution in [2.45, 2.75) is 64.3 Å². The molecule has 4 heterocycles. The van der Waals surface area contributed by atoms with Crippen molar-refractivity contribution in [2.75, 3.05) is 39.3 Å². The number of fused-ring (bicyclic) bond motifs is 1. The van der Waals surface area contributed by atoms with Gasteiger partial charge >= 0.3 is 18.1 Å². The molecule has 5 rings (SSSR count). The number of aliphatic imine (C=N–C) groups is 1. The average Bonchev–Trinajstić information content (AvgIpc) is 3.70. The number of carboxylic acids is 1. The van der Waals surface area contributed by atoms with Crippen molar-refractivity contribution in [1.82, 2.24) is 25.2 Å². The molecule has 2 saturated heterocycles. The molecule has 0 spiro atoms. The molecule has 3 aliphatic heterocycles. The molecule has 2 fully saturated rings. The second-order valence-corrected chi connectivity index (χ2v) is 13.5. The molecule has 3 aliphatic rings. The number of halogens is 6. The number of aromatic nitrogens is 1. The number of benzene rings is 1. The second-order valence-electron chi connectivity index (χ2n) is 12.7. The third-order valence-electron chi connectivity index (χ3n) is 8.89. The van der Waals surface area contributed by atoms with Gasteiger partial charge in [0.05, 0.1) is 24.1 Å². The fourth-order valence-corrected chi connectivity index (χ4v) is 6.96. The number of carbonyl (C=O) groups is 2. The molecule has 10 nitrogen and oxygen atoms in total. The summed E-state index contributed by atoms with van der Waals surface area (Å²) in [5.41, 5.74) is -0.773. The van der Waals surface area contributed by atoms with Crippen molar-refractivity contribution in [3.63, 3.8) is 0 Å². The monoisotopic (exact) mass is 702 g/mol. The lowest BCUT2D eigenvalue weighted by molar-refractivity contribution is -0.189. The quantitative estimate of drug-likeness (QED) is 0.253. The Morgan fingerprint density at radius 2 is 1.96 bits per heavy atom. The van der Waals surface area contributed by atoms with Gasteiger partial charge in [-0.25, -0.2) is 33.0 Å². The zero-order valence-electron chi connectivity index (χ0n) is 26.7. The number of nitrogens with zero attached hydrogens (tertiary/aromatic N) is 5. The number of rotatable bonds is 11. The Hall–Kier alpha value is -3.54. The van der Waals surface area contributed by atoms with Gasteiger partial charge < -0.3 is 15.2 Å². The van der Waals surface area contributed by atoms with Crippen LogP contribution in [-0.4, -0.2) is 106 Å². The van der Waals surface area contributed by atoms with Gasteiger partial charge in [-0.2, -0.15) is 13.2 Å². The summed E-state index contributed by atoms with van der Waals surface area (Å²) >= 11 is 1.22. The van der Waals surface area contributed by atoms with Crippen molar-refractivity contribution in [2.24, 2.45) is 10.4 Å². The van der Waals surface area contributed by atoms with Gasteiger partial charge in [0.15, 0.2) is 10.8 Å². The van der Waals surface area contributed by atoms with E-state index >= 15 is 8.78 Å². The predicted octanol–water partition coefficient (Wildman–Crippen LogP) is 4.78. The standard InChI is InChI=1S/C31H36F6N6O4S/c1-5-47-27(44)22-20(39-25(26-38-10-12-48-26)40-23(22)18-7-6-8-19(32)17(18)2)13-41-15-30(33,34)24-21(41)14-42(16-31(35,36)37)43(24)11-9-29(3,4)28(45)46/h6-8,10,12,21,23-24H,5,9,11,13-16H2,1-4H3,(H,39,40)(H,45,46)/t21-,23-,24+/m0/s1. The van der Waals surface area contributed by atoms with Crippen molar-refractivity contribution >= 4 is 29.1 Å². The molecule has 2 N–H and O–H groups in total. The van der Waals surface area contributed by atoms with Crippen molar-refractivity contribution in [3.05, 3.63) is 63.0 Å². The van der Waals surface area contributed by atoms with E-state index in [0.29, 0.717) is 10.6 Å². The van der Waals surface area contributed by atoms with Crippen LogP contribution in [0.25, 0.3) is 0 Å². The zero-order valence-corrected chi connectivity index (χ0v) is 27.5. The van der Waals surface area contributed by atoms with Crippen LogP contribution >= 0.6 is 11.3 Å². The molecule has 48 heavy (non-hydrogen) atoms. The molecule has 262 valence electrons. The first-order chi connectivity index (χ1) is 22.4. The van der Waals surface area contributed by atoms with E-state index in [2.05, 4.69) is 10.3 Å². The van der Waals surface area contributed by atoms with Crippen molar-refractivity contribution < 1.29 is 45.8 Å². The van der Waals surface area contributed by atoms with Crippen molar-refractivity contribution in [3.8, 4) is 0 Å². The lowest BCUT2D eigenvalue weighted by atomic mass is 9.89. The molecule has 0 radical (unpaired) electrons. The predicted molar refractivity (Wildman–Crippen MR) is 164 cm³/mol. The Balaban J connectivity index is 1.56. The molecule has 0 amide bonds. The fourth-order valence-electron chi connectivity index (χ4n) is 6.38. The lowest BCUT2D eigenvalue weighted by Crippen LogP contribution is -2.52. The number of amidine groups is 1. The number of likely N-dealkylation sites (tertiary alicyclic amines) is 1. The van der Waals surface area contributed by atoms with E-state index in [4.69, 9.17) is 9.73 Å². The highest BCUT2D eigenvalue weighted by Crippen LogP contribution is 2.44.